The maximum Gasteiger partial charge on any atom is 0.241 e. The van der Waals surface area contributed by atoms with E-state index in [2.05, 4.69) is 20.3 Å². The summed E-state index contributed by atoms with van der Waals surface area (Å²) < 4.78 is 5.11. The van der Waals surface area contributed by atoms with Gasteiger partial charge in [-0.25, -0.2) is 0 Å². The van der Waals surface area contributed by atoms with Crippen molar-refractivity contribution in [2.24, 2.45) is 0 Å². The predicted octanol–water partition coefficient (Wildman–Crippen LogP) is 3.43. The van der Waals surface area contributed by atoms with E-state index in [1.807, 2.05) is 19.9 Å². The summed E-state index contributed by atoms with van der Waals surface area (Å²) in [7, 11) is 0. The summed E-state index contributed by atoms with van der Waals surface area (Å²) in [5, 5.41) is 7.92. The van der Waals surface area contributed by atoms with E-state index in [1.165, 1.54) is 0 Å². The van der Waals surface area contributed by atoms with E-state index in [9.17, 15) is 4.79 Å². The number of aryl methyl sites for hydroxylation is 1. The molecule has 1 saturated heterocycles. The molecule has 1 aliphatic heterocycles. The standard InChI is InChI=1S/C18H22Cl2N4O2/c1-12-9-15(22-26-12)11-23-5-7-24(8-6-23)13(2)18(25)21-17-10-14(19)3-4-16(17)20/h3-4,9-10,13H,5-8,11H2,1-2H3,(H,21,25). The van der Waals surface area contributed by atoms with Crippen LogP contribution < -0.4 is 5.32 Å². The van der Waals surface area contributed by atoms with E-state index < -0.39 is 0 Å². The van der Waals surface area contributed by atoms with E-state index in [1.54, 1.807) is 18.2 Å². The van der Waals surface area contributed by atoms with Crippen molar-refractivity contribution < 1.29 is 9.32 Å². The van der Waals surface area contributed by atoms with Gasteiger partial charge in [0.25, 0.3) is 0 Å². The number of anilines is 1. The smallest absolute Gasteiger partial charge is 0.241 e. The minimum atomic E-state index is -0.249. The number of piperazine rings is 1. The Balaban J connectivity index is 1.51. The second kappa shape index (κ2) is 8.39. The lowest BCUT2D eigenvalue weighted by Crippen LogP contribution is -2.52. The van der Waals surface area contributed by atoms with Gasteiger partial charge in [-0.05, 0) is 32.0 Å². The summed E-state index contributed by atoms with van der Waals surface area (Å²) >= 11 is 12.1. The summed E-state index contributed by atoms with van der Waals surface area (Å²) in [6, 6.07) is 6.73. The van der Waals surface area contributed by atoms with Crippen LogP contribution >= 0.6 is 23.2 Å². The molecule has 0 aliphatic carbocycles. The lowest BCUT2D eigenvalue weighted by Gasteiger charge is -2.37. The average molecular weight is 397 g/mol. The number of hydrogen-bond donors (Lipinski definition) is 1. The molecule has 0 spiro atoms. The van der Waals surface area contributed by atoms with Crippen LogP contribution in [0.5, 0.6) is 0 Å². The minimum absolute atomic E-state index is 0.0882. The number of rotatable bonds is 5. The van der Waals surface area contributed by atoms with Gasteiger partial charge < -0.3 is 9.84 Å². The Hall–Kier alpha value is -1.60. The molecule has 2 heterocycles. The number of hydrogen-bond acceptors (Lipinski definition) is 5. The predicted molar refractivity (Wildman–Crippen MR) is 103 cm³/mol. The first-order valence-corrected chi connectivity index (χ1v) is 9.32. The fourth-order valence-electron chi connectivity index (χ4n) is 3.03. The summed E-state index contributed by atoms with van der Waals surface area (Å²) in [5.74, 6) is 0.735. The Labute approximate surface area is 163 Å². The van der Waals surface area contributed by atoms with E-state index in [-0.39, 0.29) is 11.9 Å². The minimum Gasteiger partial charge on any atom is -0.361 e. The van der Waals surface area contributed by atoms with Crippen LogP contribution in [0.3, 0.4) is 0 Å². The molecule has 0 radical (unpaired) electrons. The molecule has 1 fully saturated rings. The molecule has 1 aromatic heterocycles. The number of benzene rings is 1. The highest BCUT2D eigenvalue weighted by molar-refractivity contribution is 6.35. The Bertz CT molecular complexity index is 772. The zero-order valence-electron chi connectivity index (χ0n) is 14.8. The van der Waals surface area contributed by atoms with Gasteiger partial charge in [-0.1, -0.05) is 28.4 Å². The quantitative estimate of drug-likeness (QED) is 0.838. The molecule has 8 heteroatoms. The van der Waals surface area contributed by atoms with Crippen molar-refractivity contribution >= 4 is 34.8 Å². The Morgan fingerprint density at radius 3 is 2.65 bits per heavy atom. The molecular formula is C18H22Cl2N4O2. The number of carbonyl (C=O) groups excluding carboxylic acids is 1. The van der Waals surface area contributed by atoms with Crippen LogP contribution in [0.15, 0.2) is 28.8 Å². The molecule has 1 unspecified atom stereocenters. The van der Waals surface area contributed by atoms with Crippen molar-refractivity contribution in [3.8, 4) is 0 Å². The summed E-state index contributed by atoms with van der Waals surface area (Å²) in [4.78, 5) is 17.0. The van der Waals surface area contributed by atoms with Gasteiger partial charge >= 0.3 is 0 Å². The molecule has 3 rings (SSSR count). The van der Waals surface area contributed by atoms with Gasteiger partial charge in [-0.3, -0.25) is 14.6 Å². The number of nitrogens with one attached hydrogen (secondary N) is 1. The van der Waals surface area contributed by atoms with Gasteiger partial charge in [0.2, 0.25) is 5.91 Å². The molecule has 2 aromatic rings. The highest BCUT2D eigenvalue weighted by Gasteiger charge is 2.26. The zero-order chi connectivity index (χ0) is 18.7. The SMILES string of the molecule is Cc1cc(CN2CCN(C(C)C(=O)Nc3cc(Cl)ccc3Cl)CC2)no1. The van der Waals surface area contributed by atoms with Crippen molar-refractivity contribution in [3.63, 3.8) is 0 Å². The third-order valence-electron chi connectivity index (χ3n) is 4.58. The molecule has 1 atom stereocenters. The molecule has 1 amide bonds. The van der Waals surface area contributed by atoms with E-state index in [0.29, 0.717) is 15.7 Å². The van der Waals surface area contributed by atoms with E-state index >= 15 is 0 Å². The molecule has 0 bridgehead atoms. The maximum absolute atomic E-state index is 12.6. The van der Waals surface area contributed by atoms with Gasteiger partial charge in [0.1, 0.15) is 5.76 Å². The van der Waals surface area contributed by atoms with Crippen LogP contribution in [-0.2, 0) is 11.3 Å². The lowest BCUT2D eigenvalue weighted by molar-refractivity contribution is -0.121. The Kier molecular flexibility index (Phi) is 6.19. The summed E-state index contributed by atoms with van der Waals surface area (Å²) in [6.45, 7) is 7.95. The fourth-order valence-corrected chi connectivity index (χ4v) is 3.36. The van der Waals surface area contributed by atoms with Crippen LogP contribution in [0, 0.1) is 6.92 Å². The van der Waals surface area contributed by atoms with Crippen LogP contribution in [0.2, 0.25) is 10.0 Å². The highest BCUT2D eigenvalue weighted by atomic mass is 35.5. The second-order valence-corrected chi connectivity index (χ2v) is 7.37. The first-order chi connectivity index (χ1) is 12.4. The number of aromatic nitrogens is 1. The largest absolute Gasteiger partial charge is 0.361 e. The van der Waals surface area contributed by atoms with Crippen molar-refractivity contribution in [1.82, 2.24) is 15.0 Å². The first kappa shape index (κ1) is 19.2. The van der Waals surface area contributed by atoms with Crippen molar-refractivity contribution in [2.75, 3.05) is 31.5 Å². The van der Waals surface area contributed by atoms with Gasteiger partial charge in [0, 0.05) is 43.8 Å². The molecule has 0 saturated carbocycles. The third-order valence-corrected chi connectivity index (χ3v) is 5.15. The van der Waals surface area contributed by atoms with E-state index in [0.717, 1.165) is 44.2 Å². The van der Waals surface area contributed by atoms with Gasteiger partial charge in [0.05, 0.1) is 22.4 Å². The van der Waals surface area contributed by atoms with Crippen molar-refractivity contribution in [2.45, 2.75) is 26.4 Å². The van der Waals surface area contributed by atoms with Gasteiger partial charge in [-0.15, -0.1) is 0 Å². The van der Waals surface area contributed by atoms with E-state index in [4.69, 9.17) is 27.7 Å². The lowest BCUT2D eigenvalue weighted by atomic mass is 10.2. The summed E-state index contributed by atoms with van der Waals surface area (Å²) in [5.41, 5.74) is 1.48. The number of halogens is 2. The number of amides is 1. The topological polar surface area (TPSA) is 61.6 Å². The second-order valence-electron chi connectivity index (χ2n) is 6.53. The van der Waals surface area contributed by atoms with Gasteiger partial charge in [0.15, 0.2) is 0 Å². The average Bonchev–Trinajstić information content (AvgIpc) is 3.03. The molecule has 1 N–H and O–H groups in total. The maximum atomic E-state index is 12.6. The molecular weight excluding hydrogens is 375 g/mol. The molecule has 26 heavy (non-hydrogen) atoms. The van der Waals surface area contributed by atoms with Crippen molar-refractivity contribution in [1.29, 1.82) is 0 Å². The Morgan fingerprint density at radius 1 is 1.27 bits per heavy atom. The monoisotopic (exact) mass is 396 g/mol. The highest BCUT2D eigenvalue weighted by Crippen LogP contribution is 2.25. The third kappa shape index (κ3) is 4.76. The van der Waals surface area contributed by atoms with Crippen LogP contribution in [0.1, 0.15) is 18.4 Å². The van der Waals surface area contributed by atoms with Crippen LogP contribution in [0.25, 0.3) is 0 Å². The number of nitrogens with zero attached hydrogens (tertiary/aromatic N) is 3. The van der Waals surface area contributed by atoms with Crippen molar-refractivity contribution in [3.05, 3.63) is 45.8 Å². The first-order valence-electron chi connectivity index (χ1n) is 8.57. The van der Waals surface area contributed by atoms with Crippen LogP contribution in [0.4, 0.5) is 5.69 Å². The molecule has 6 nitrogen and oxygen atoms in total. The zero-order valence-corrected chi connectivity index (χ0v) is 16.3. The number of carbonyl (C=O) groups is 1. The Morgan fingerprint density at radius 2 is 2.00 bits per heavy atom. The summed E-state index contributed by atoms with van der Waals surface area (Å²) in [6.07, 6.45) is 0. The van der Waals surface area contributed by atoms with Crippen LogP contribution in [-0.4, -0.2) is 53.1 Å². The molecule has 1 aromatic carbocycles. The molecule has 140 valence electrons. The van der Waals surface area contributed by atoms with Gasteiger partial charge in [-0.2, -0.15) is 0 Å². The normalized spacial score (nSPS) is 17.2. The molecule has 1 aliphatic rings. The fraction of sp³-hybridized carbons (Fsp3) is 0.444.